The Morgan fingerprint density at radius 2 is 1.94 bits per heavy atom. The third-order valence-corrected chi connectivity index (χ3v) is 6.68. The molecule has 1 aromatic carbocycles. The van der Waals surface area contributed by atoms with Gasteiger partial charge in [0.15, 0.2) is 0 Å². The molecule has 0 radical (unpaired) electrons. The Labute approximate surface area is 188 Å². The number of hydrogen-bond acceptors (Lipinski definition) is 5. The first kappa shape index (κ1) is 20.1. The van der Waals surface area contributed by atoms with Gasteiger partial charge < -0.3 is 9.72 Å². The van der Waals surface area contributed by atoms with Crippen molar-refractivity contribution in [2.24, 2.45) is 0 Å². The van der Waals surface area contributed by atoms with E-state index < -0.39 is 0 Å². The average Bonchev–Trinajstić information content (AvgIpc) is 3.35. The van der Waals surface area contributed by atoms with E-state index in [0.29, 0.717) is 11.1 Å². The first-order valence-electron chi connectivity index (χ1n) is 10.3. The molecule has 0 aliphatic carbocycles. The highest BCUT2D eigenvalue weighted by molar-refractivity contribution is 7.18. The summed E-state index contributed by atoms with van der Waals surface area (Å²) < 4.78 is 3.48. The van der Waals surface area contributed by atoms with Crippen molar-refractivity contribution in [3.63, 3.8) is 0 Å². The number of hydrogen-bond donors (Lipinski definition) is 1. The predicted molar refractivity (Wildman–Crippen MR) is 127 cm³/mol. The molecule has 1 N–H and O–H groups in total. The molecule has 4 heterocycles. The topological polar surface area (TPSA) is 81.3 Å². The van der Waals surface area contributed by atoms with Gasteiger partial charge in [0, 0.05) is 41.5 Å². The molecule has 7 nitrogen and oxygen atoms in total. The molecule has 160 valence electrons. The normalized spacial score (nSPS) is 11.3. The number of aryl methyl sites for hydroxylation is 3. The quantitative estimate of drug-likeness (QED) is 0.436. The molecule has 0 aliphatic rings. The van der Waals surface area contributed by atoms with Crippen LogP contribution in [0.1, 0.15) is 16.9 Å². The van der Waals surface area contributed by atoms with E-state index in [0.717, 1.165) is 32.2 Å². The molecule has 1 amide bonds. The van der Waals surface area contributed by atoms with Crippen molar-refractivity contribution < 1.29 is 4.79 Å². The van der Waals surface area contributed by atoms with E-state index in [1.807, 2.05) is 73.1 Å². The number of rotatable bonds is 5. The van der Waals surface area contributed by atoms with Gasteiger partial charge in [0.25, 0.3) is 5.56 Å². The molecule has 5 aromatic rings. The molecule has 0 atom stereocenters. The molecule has 0 saturated carbocycles. The third kappa shape index (κ3) is 3.69. The molecule has 0 aliphatic heterocycles. The Morgan fingerprint density at radius 1 is 1.12 bits per heavy atom. The first-order valence-corrected chi connectivity index (χ1v) is 11.1. The largest absolute Gasteiger partial charge is 0.326 e. The molecule has 0 bridgehead atoms. The average molecular weight is 444 g/mol. The van der Waals surface area contributed by atoms with E-state index in [1.54, 1.807) is 0 Å². The zero-order valence-electron chi connectivity index (χ0n) is 17.7. The van der Waals surface area contributed by atoms with Gasteiger partial charge >= 0.3 is 0 Å². The Kier molecular flexibility index (Phi) is 5.07. The van der Waals surface area contributed by atoms with Crippen LogP contribution in [0.3, 0.4) is 0 Å². The van der Waals surface area contributed by atoms with Gasteiger partial charge in [0.2, 0.25) is 5.91 Å². The lowest BCUT2D eigenvalue weighted by Crippen LogP contribution is -2.23. The van der Waals surface area contributed by atoms with Crippen molar-refractivity contribution in [1.82, 2.24) is 18.9 Å². The van der Waals surface area contributed by atoms with Gasteiger partial charge in [0.1, 0.15) is 10.5 Å². The number of anilines is 1. The predicted octanol–water partition coefficient (Wildman–Crippen LogP) is 4.42. The summed E-state index contributed by atoms with van der Waals surface area (Å²) in [4.78, 5) is 36.0. The molecule has 0 fully saturated rings. The highest BCUT2D eigenvalue weighted by Crippen LogP contribution is 2.25. The highest BCUT2D eigenvalue weighted by atomic mass is 32.1. The maximum Gasteiger partial charge on any atom is 0.262 e. The summed E-state index contributed by atoms with van der Waals surface area (Å²) in [6.45, 7) is 4.20. The number of pyridine rings is 1. The highest BCUT2D eigenvalue weighted by Gasteiger charge is 2.13. The van der Waals surface area contributed by atoms with Crippen LogP contribution in [0.15, 0.2) is 66.0 Å². The van der Waals surface area contributed by atoms with E-state index in [1.165, 1.54) is 22.2 Å². The van der Waals surface area contributed by atoms with Gasteiger partial charge in [-0.15, -0.1) is 11.3 Å². The van der Waals surface area contributed by atoms with Gasteiger partial charge in [-0.1, -0.05) is 18.2 Å². The van der Waals surface area contributed by atoms with Crippen molar-refractivity contribution >= 4 is 38.8 Å². The smallest absolute Gasteiger partial charge is 0.262 e. The molecule has 0 unspecified atom stereocenters. The Hall–Kier alpha value is -3.78. The Morgan fingerprint density at radius 3 is 2.72 bits per heavy atom. The van der Waals surface area contributed by atoms with Crippen molar-refractivity contribution in [1.29, 1.82) is 0 Å². The van der Waals surface area contributed by atoms with Crippen LogP contribution in [0.2, 0.25) is 0 Å². The second kappa shape index (κ2) is 8.05. The van der Waals surface area contributed by atoms with E-state index in [-0.39, 0.29) is 24.4 Å². The molecule has 0 spiro atoms. The number of imidazole rings is 1. The number of amides is 1. The fourth-order valence-corrected chi connectivity index (χ4v) is 4.66. The Bertz CT molecular complexity index is 1480. The summed E-state index contributed by atoms with van der Waals surface area (Å²) in [6.07, 6.45) is 5.64. The molecule has 5 rings (SSSR count). The van der Waals surface area contributed by atoms with Crippen LogP contribution < -0.4 is 10.9 Å². The number of carbonyl (C=O) groups is 1. The van der Waals surface area contributed by atoms with Gasteiger partial charge in [-0.2, -0.15) is 0 Å². The number of thiophene rings is 1. The number of nitrogens with one attached hydrogen (secondary N) is 1. The zero-order valence-corrected chi connectivity index (χ0v) is 18.5. The zero-order chi connectivity index (χ0) is 22.2. The summed E-state index contributed by atoms with van der Waals surface area (Å²) in [5.74, 6) is -0.157. The number of benzene rings is 1. The van der Waals surface area contributed by atoms with E-state index in [9.17, 15) is 9.59 Å². The van der Waals surface area contributed by atoms with E-state index >= 15 is 0 Å². The maximum atomic E-state index is 12.8. The van der Waals surface area contributed by atoms with Crippen LogP contribution >= 0.6 is 11.3 Å². The number of fused-ring (bicyclic) bond motifs is 2. The van der Waals surface area contributed by atoms with E-state index in [2.05, 4.69) is 15.3 Å². The number of nitrogens with zero attached hydrogens (tertiary/aromatic N) is 4. The lowest BCUT2D eigenvalue weighted by Gasteiger charge is -2.08. The second-order valence-corrected chi connectivity index (χ2v) is 8.88. The summed E-state index contributed by atoms with van der Waals surface area (Å²) in [7, 11) is 0. The minimum Gasteiger partial charge on any atom is -0.326 e. The van der Waals surface area contributed by atoms with Gasteiger partial charge in [0.05, 0.1) is 17.4 Å². The summed E-state index contributed by atoms with van der Waals surface area (Å²) >= 11 is 1.52. The van der Waals surface area contributed by atoms with Crippen molar-refractivity contribution in [3.05, 3.63) is 82.0 Å². The maximum absolute atomic E-state index is 12.8. The molecule has 0 saturated heterocycles. The SMILES string of the molecule is Cc1sc2ncn(CCC(=O)Nc3ccc(-c4cn5ccccc5n4)cc3)c(=O)c2c1C. The van der Waals surface area contributed by atoms with Crippen LogP contribution in [0.4, 0.5) is 5.69 Å². The monoisotopic (exact) mass is 443 g/mol. The number of aromatic nitrogens is 4. The van der Waals surface area contributed by atoms with Crippen molar-refractivity contribution in [2.45, 2.75) is 26.8 Å². The molecule has 4 aromatic heterocycles. The fourth-order valence-electron chi connectivity index (χ4n) is 3.67. The molecular weight excluding hydrogens is 422 g/mol. The van der Waals surface area contributed by atoms with Gasteiger partial charge in [-0.3, -0.25) is 14.2 Å². The minimum atomic E-state index is -0.157. The lowest BCUT2D eigenvalue weighted by molar-refractivity contribution is -0.116. The van der Waals surface area contributed by atoms with E-state index in [4.69, 9.17) is 0 Å². The molecular formula is C24H21N5O2S. The lowest BCUT2D eigenvalue weighted by atomic mass is 10.1. The summed E-state index contributed by atoms with van der Waals surface area (Å²) in [6, 6.07) is 13.4. The van der Waals surface area contributed by atoms with Crippen LogP contribution in [-0.4, -0.2) is 24.8 Å². The number of carbonyl (C=O) groups excluding carboxylic acids is 1. The molecule has 8 heteroatoms. The minimum absolute atomic E-state index is 0.0959. The Balaban J connectivity index is 1.25. The summed E-state index contributed by atoms with van der Waals surface area (Å²) in [5, 5.41) is 3.54. The van der Waals surface area contributed by atoms with Gasteiger partial charge in [-0.05, 0) is 43.7 Å². The second-order valence-electron chi connectivity index (χ2n) is 7.67. The fraction of sp³-hybridized carbons (Fsp3) is 0.167. The summed E-state index contributed by atoms with van der Waals surface area (Å²) in [5.41, 5.74) is 4.30. The van der Waals surface area contributed by atoms with Crippen LogP contribution in [0, 0.1) is 13.8 Å². The van der Waals surface area contributed by atoms with Crippen LogP contribution in [0.5, 0.6) is 0 Å². The molecule has 32 heavy (non-hydrogen) atoms. The van der Waals surface area contributed by atoms with Crippen LogP contribution in [0.25, 0.3) is 27.1 Å². The standard InChI is InChI=1S/C24H21N5O2S/c1-15-16(2)32-23-22(15)24(31)29(14-25-23)12-10-21(30)26-18-8-6-17(7-9-18)19-13-28-11-4-3-5-20(28)27-19/h3-9,11,13-14H,10,12H2,1-2H3,(H,26,30). The van der Waals surface area contributed by atoms with Crippen molar-refractivity contribution in [2.75, 3.05) is 5.32 Å². The first-order chi connectivity index (χ1) is 15.5. The van der Waals surface area contributed by atoms with Crippen LogP contribution in [-0.2, 0) is 11.3 Å². The van der Waals surface area contributed by atoms with Crippen molar-refractivity contribution in [3.8, 4) is 11.3 Å². The third-order valence-electron chi connectivity index (χ3n) is 5.56. The van der Waals surface area contributed by atoms with Gasteiger partial charge in [-0.25, -0.2) is 9.97 Å².